The molecule has 1 aliphatic heterocycles. The predicted octanol–water partition coefficient (Wildman–Crippen LogP) is 4.47. The summed E-state index contributed by atoms with van der Waals surface area (Å²) in [5, 5.41) is 1.13. The van der Waals surface area contributed by atoms with Gasteiger partial charge in [0.1, 0.15) is 0 Å². The Morgan fingerprint density at radius 2 is 1.89 bits per heavy atom. The molecule has 0 N–H and O–H groups in total. The third-order valence-corrected chi connectivity index (χ3v) is 5.48. The minimum absolute atomic E-state index is 0.443. The van der Waals surface area contributed by atoms with Crippen LogP contribution in [0.1, 0.15) is 59.3 Å². The van der Waals surface area contributed by atoms with E-state index in [1.54, 1.807) is 0 Å². The molecule has 0 aliphatic carbocycles. The number of nitrogens with zero attached hydrogens (tertiary/aromatic N) is 1. The Hall–Kier alpha value is 0.400. The molecule has 1 heterocycles. The first-order chi connectivity index (χ1) is 9.19. The molecule has 0 aromatic carbocycles. The highest BCUT2D eigenvalue weighted by atomic mass is 79.9. The fourth-order valence-electron chi connectivity index (χ4n) is 3.35. The molecule has 1 fully saturated rings. The van der Waals surface area contributed by atoms with Crippen LogP contribution in [0, 0.1) is 5.41 Å². The lowest BCUT2D eigenvalue weighted by Crippen LogP contribution is -2.42. The lowest BCUT2D eigenvalue weighted by molar-refractivity contribution is 0.0444. The molecule has 1 atom stereocenters. The van der Waals surface area contributed by atoms with Crippen LogP contribution in [0.5, 0.6) is 0 Å². The van der Waals surface area contributed by atoms with Crippen molar-refractivity contribution >= 4 is 15.9 Å². The van der Waals surface area contributed by atoms with Crippen LogP contribution in [-0.2, 0) is 4.74 Å². The van der Waals surface area contributed by atoms with E-state index in [4.69, 9.17) is 4.74 Å². The van der Waals surface area contributed by atoms with E-state index in [0.717, 1.165) is 24.9 Å². The molecule has 2 nitrogen and oxygen atoms in total. The van der Waals surface area contributed by atoms with E-state index in [9.17, 15) is 0 Å². The van der Waals surface area contributed by atoms with Gasteiger partial charge in [-0.1, -0.05) is 49.5 Å². The zero-order valence-electron chi connectivity index (χ0n) is 13.1. The van der Waals surface area contributed by atoms with E-state index in [0.29, 0.717) is 11.5 Å². The Labute approximate surface area is 128 Å². The van der Waals surface area contributed by atoms with Crippen LogP contribution in [0.25, 0.3) is 0 Å². The summed E-state index contributed by atoms with van der Waals surface area (Å²) in [6.45, 7) is 11.4. The van der Waals surface area contributed by atoms with Crippen LogP contribution < -0.4 is 0 Å². The first-order valence-electron chi connectivity index (χ1n) is 8.09. The van der Waals surface area contributed by atoms with Crippen LogP contribution in [0.3, 0.4) is 0 Å². The number of ether oxygens (including phenoxy) is 1. The molecule has 114 valence electrons. The van der Waals surface area contributed by atoms with Gasteiger partial charge < -0.3 is 9.64 Å². The van der Waals surface area contributed by atoms with Crippen molar-refractivity contribution in [2.24, 2.45) is 5.41 Å². The topological polar surface area (TPSA) is 12.5 Å². The molecule has 0 spiro atoms. The van der Waals surface area contributed by atoms with Gasteiger partial charge in [-0.15, -0.1) is 0 Å². The van der Waals surface area contributed by atoms with Crippen molar-refractivity contribution in [3.05, 3.63) is 0 Å². The Morgan fingerprint density at radius 3 is 2.42 bits per heavy atom. The largest absolute Gasteiger partial charge is 0.377 e. The van der Waals surface area contributed by atoms with E-state index in [1.165, 1.54) is 45.2 Å². The maximum Gasteiger partial charge on any atom is 0.0699 e. The molecule has 0 aromatic heterocycles. The van der Waals surface area contributed by atoms with Crippen molar-refractivity contribution in [3.63, 3.8) is 0 Å². The Balaban J connectivity index is 2.64. The molecule has 1 unspecified atom stereocenters. The first-order valence-corrected chi connectivity index (χ1v) is 9.21. The van der Waals surface area contributed by atoms with Gasteiger partial charge in [0.25, 0.3) is 0 Å². The number of hydrogen-bond donors (Lipinski definition) is 0. The quantitative estimate of drug-likeness (QED) is 0.607. The summed E-state index contributed by atoms with van der Waals surface area (Å²) in [6, 6.07) is 0. The second kappa shape index (κ2) is 9.36. The van der Waals surface area contributed by atoms with Crippen molar-refractivity contribution in [3.8, 4) is 0 Å². The van der Waals surface area contributed by atoms with Gasteiger partial charge >= 0.3 is 0 Å². The van der Waals surface area contributed by atoms with Crippen molar-refractivity contribution in [2.45, 2.75) is 65.4 Å². The van der Waals surface area contributed by atoms with E-state index in [-0.39, 0.29) is 0 Å². The number of hydrogen-bond acceptors (Lipinski definition) is 2. The summed E-state index contributed by atoms with van der Waals surface area (Å²) in [5.74, 6) is 0. The van der Waals surface area contributed by atoms with Crippen LogP contribution >= 0.6 is 15.9 Å². The smallest absolute Gasteiger partial charge is 0.0699 e. The van der Waals surface area contributed by atoms with Crippen molar-refractivity contribution in [1.82, 2.24) is 4.90 Å². The van der Waals surface area contributed by atoms with Gasteiger partial charge in [-0.25, -0.2) is 0 Å². The average molecular weight is 334 g/mol. The molecular formula is C16H32BrNO. The lowest BCUT2D eigenvalue weighted by atomic mass is 9.80. The Bertz CT molecular complexity index is 229. The zero-order chi connectivity index (χ0) is 14.1. The van der Waals surface area contributed by atoms with Crippen LogP contribution in [0.4, 0.5) is 0 Å². The molecule has 0 radical (unpaired) electrons. The second-order valence-corrected chi connectivity index (χ2v) is 6.68. The van der Waals surface area contributed by atoms with Gasteiger partial charge in [-0.3, -0.25) is 0 Å². The van der Waals surface area contributed by atoms with E-state index in [1.807, 2.05) is 0 Å². The molecule has 19 heavy (non-hydrogen) atoms. The molecule has 1 saturated heterocycles. The summed E-state index contributed by atoms with van der Waals surface area (Å²) in [4.78, 5) is 2.66. The third kappa shape index (κ3) is 5.73. The fourth-order valence-corrected chi connectivity index (χ4v) is 4.09. The fraction of sp³-hybridized carbons (Fsp3) is 1.00. The predicted molar refractivity (Wildman–Crippen MR) is 87.1 cm³/mol. The molecule has 1 aliphatic rings. The molecule has 0 amide bonds. The number of rotatable bonds is 8. The second-order valence-electron chi connectivity index (χ2n) is 6.12. The van der Waals surface area contributed by atoms with Gasteiger partial charge in [-0.05, 0) is 31.1 Å². The molecule has 0 saturated carbocycles. The average Bonchev–Trinajstić information content (AvgIpc) is 2.64. The molecular weight excluding hydrogens is 302 g/mol. The van der Waals surface area contributed by atoms with Gasteiger partial charge in [0, 0.05) is 31.6 Å². The van der Waals surface area contributed by atoms with Gasteiger partial charge in [0.05, 0.1) is 6.10 Å². The van der Waals surface area contributed by atoms with E-state index >= 15 is 0 Å². The Morgan fingerprint density at radius 1 is 1.21 bits per heavy atom. The number of alkyl halides is 1. The van der Waals surface area contributed by atoms with Crippen molar-refractivity contribution < 1.29 is 4.74 Å². The zero-order valence-corrected chi connectivity index (χ0v) is 14.7. The molecule has 1 rings (SSSR count). The maximum atomic E-state index is 5.90. The number of halogens is 1. The maximum absolute atomic E-state index is 5.90. The summed E-state index contributed by atoms with van der Waals surface area (Å²) in [5.41, 5.74) is 0.464. The summed E-state index contributed by atoms with van der Waals surface area (Å²) in [6.07, 6.45) is 8.01. The van der Waals surface area contributed by atoms with Gasteiger partial charge in [0.2, 0.25) is 0 Å². The first kappa shape index (κ1) is 17.5. The van der Waals surface area contributed by atoms with Crippen molar-refractivity contribution in [2.75, 3.05) is 31.6 Å². The van der Waals surface area contributed by atoms with Gasteiger partial charge in [-0.2, -0.15) is 0 Å². The van der Waals surface area contributed by atoms with Crippen LogP contribution in [0.15, 0.2) is 0 Å². The van der Waals surface area contributed by atoms with Gasteiger partial charge in [0.15, 0.2) is 0 Å². The van der Waals surface area contributed by atoms with Crippen molar-refractivity contribution in [1.29, 1.82) is 0 Å². The minimum Gasteiger partial charge on any atom is -0.377 e. The monoisotopic (exact) mass is 333 g/mol. The molecule has 3 heteroatoms. The van der Waals surface area contributed by atoms with E-state index in [2.05, 4.69) is 41.6 Å². The summed E-state index contributed by atoms with van der Waals surface area (Å²) in [7, 11) is 0. The highest BCUT2D eigenvalue weighted by molar-refractivity contribution is 9.09. The minimum atomic E-state index is 0.443. The highest BCUT2D eigenvalue weighted by Crippen LogP contribution is 2.33. The SMILES string of the molecule is CCCC(CBr)(CCC)CN1CCCOC(CC)C1. The standard InChI is InChI=1S/C16H32BrNO/c1-4-8-16(13-17,9-5-2)14-18-10-7-11-19-15(6-3)12-18/h15H,4-14H2,1-3H3. The molecule has 0 bridgehead atoms. The summed E-state index contributed by atoms with van der Waals surface area (Å²) < 4.78 is 5.90. The van der Waals surface area contributed by atoms with Crippen LogP contribution in [0.2, 0.25) is 0 Å². The Kier molecular flexibility index (Phi) is 8.59. The molecule has 0 aromatic rings. The summed E-state index contributed by atoms with van der Waals surface area (Å²) >= 11 is 3.80. The lowest BCUT2D eigenvalue weighted by Gasteiger charge is -2.37. The highest BCUT2D eigenvalue weighted by Gasteiger charge is 2.31. The third-order valence-electron chi connectivity index (χ3n) is 4.29. The normalized spacial score (nSPS) is 22.4. The van der Waals surface area contributed by atoms with Crippen LogP contribution in [-0.4, -0.2) is 42.6 Å². The van der Waals surface area contributed by atoms with E-state index < -0.39 is 0 Å².